The first-order valence-corrected chi connectivity index (χ1v) is 12.5. The van der Waals surface area contributed by atoms with Gasteiger partial charge in [0.05, 0.1) is 6.42 Å². The molecule has 3 aliphatic rings. The molecular formula is C28H38O5. The smallest absolute Gasteiger partial charge is 0.306 e. The summed E-state index contributed by atoms with van der Waals surface area (Å²) in [6.07, 6.45) is 7.41. The van der Waals surface area contributed by atoms with Gasteiger partial charge in [-0.05, 0) is 90.9 Å². The predicted molar refractivity (Wildman–Crippen MR) is 127 cm³/mol. The molecule has 3 fully saturated rings. The van der Waals surface area contributed by atoms with Crippen LogP contribution in [0, 0.1) is 29.6 Å². The number of fused-ring (bicyclic) bond motifs is 5. The lowest BCUT2D eigenvalue weighted by Crippen LogP contribution is -2.28. The van der Waals surface area contributed by atoms with Crippen LogP contribution in [0.25, 0.3) is 0 Å². The second kappa shape index (κ2) is 10.0. The van der Waals surface area contributed by atoms with E-state index in [9.17, 15) is 14.7 Å². The number of carbonyl (C=O) groups is 2. The third-order valence-electron chi connectivity index (χ3n) is 8.67. The van der Waals surface area contributed by atoms with Gasteiger partial charge in [-0.3, -0.25) is 9.59 Å². The quantitative estimate of drug-likeness (QED) is 0.382. The van der Waals surface area contributed by atoms with E-state index in [2.05, 4.69) is 32.6 Å². The van der Waals surface area contributed by atoms with Gasteiger partial charge in [0.2, 0.25) is 0 Å². The van der Waals surface area contributed by atoms with E-state index in [1.807, 2.05) is 12.1 Å². The lowest BCUT2D eigenvalue weighted by atomic mass is 9.71. The minimum Gasteiger partial charge on any atom is -0.491 e. The van der Waals surface area contributed by atoms with Crippen molar-refractivity contribution in [3.8, 4) is 5.75 Å². The number of esters is 1. The zero-order valence-electron chi connectivity index (χ0n) is 20.0. The van der Waals surface area contributed by atoms with Crippen LogP contribution in [-0.2, 0) is 19.7 Å². The molecule has 5 atom stereocenters. The van der Waals surface area contributed by atoms with Crippen molar-refractivity contribution >= 4 is 11.8 Å². The molecule has 5 unspecified atom stereocenters. The van der Waals surface area contributed by atoms with Gasteiger partial charge >= 0.3 is 5.97 Å². The zero-order chi connectivity index (χ0) is 23.6. The molecule has 0 radical (unpaired) electrons. The number of benzene rings is 1. The molecule has 2 bridgehead atoms. The summed E-state index contributed by atoms with van der Waals surface area (Å²) in [6, 6.07) is 8.22. The average molecular weight is 455 g/mol. The third-order valence-corrected chi connectivity index (χ3v) is 8.67. The van der Waals surface area contributed by atoms with E-state index < -0.39 is 12.1 Å². The molecule has 1 aromatic rings. The number of carbonyl (C=O) groups excluding carboxylic acids is 2. The predicted octanol–water partition coefficient (Wildman–Crippen LogP) is 4.85. The molecule has 1 N–H and O–H groups in total. The third kappa shape index (κ3) is 5.34. The van der Waals surface area contributed by atoms with Gasteiger partial charge in [0.15, 0.2) is 5.78 Å². The van der Waals surface area contributed by atoms with Crippen LogP contribution in [0.4, 0.5) is 0 Å². The second-order valence-corrected chi connectivity index (χ2v) is 10.9. The van der Waals surface area contributed by atoms with Crippen molar-refractivity contribution in [1.82, 2.24) is 0 Å². The van der Waals surface area contributed by atoms with Crippen molar-refractivity contribution < 1.29 is 24.2 Å². The molecule has 0 saturated heterocycles. The van der Waals surface area contributed by atoms with Crippen LogP contribution in [0.15, 0.2) is 36.9 Å². The Morgan fingerprint density at radius 2 is 1.82 bits per heavy atom. The Hall–Kier alpha value is -2.14. The summed E-state index contributed by atoms with van der Waals surface area (Å²) in [7, 11) is 0. The minimum absolute atomic E-state index is 0.0140. The van der Waals surface area contributed by atoms with E-state index in [-0.39, 0.29) is 37.3 Å². The molecule has 4 rings (SSSR count). The standard InChI is InChI=1S/C28H38O5/c1-4-22(29)10-11-27(31)33-17-23(30)16-32-24-7-5-6-20(13-24)28(2,3)21-14-25-18-8-9-19(12-18)26(25)15-21/h4-7,13,18-19,21,23,25-26,30H,1,8-12,14-17H2,2-3H3. The minimum atomic E-state index is -0.926. The second-order valence-electron chi connectivity index (χ2n) is 10.9. The molecular weight excluding hydrogens is 416 g/mol. The summed E-state index contributed by atoms with van der Waals surface area (Å²) in [5.41, 5.74) is 1.37. The van der Waals surface area contributed by atoms with E-state index in [0.717, 1.165) is 29.4 Å². The highest BCUT2D eigenvalue weighted by molar-refractivity contribution is 5.91. The lowest BCUT2D eigenvalue weighted by Gasteiger charge is -2.33. The van der Waals surface area contributed by atoms with Crippen molar-refractivity contribution in [3.05, 3.63) is 42.5 Å². The molecule has 0 amide bonds. The maximum Gasteiger partial charge on any atom is 0.306 e. The van der Waals surface area contributed by atoms with Gasteiger partial charge in [-0.25, -0.2) is 0 Å². The number of aliphatic hydroxyl groups excluding tert-OH is 1. The highest BCUT2D eigenvalue weighted by Gasteiger charge is 2.54. The van der Waals surface area contributed by atoms with Gasteiger partial charge in [-0.15, -0.1) is 0 Å². The Kier molecular flexibility index (Phi) is 7.28. The Labute approximate surface area is 197 Å². The molecule has 5 heteroatoms. The monoisotopic (exact) mass is 454 g/mol. The Morgan fingerprint density at radius 1 is 1.12 bits per heavy atom. The summed E-state index contributed by atoms with van der Waals surface area (Å²) in [5.74, 6) is 4.56. The summed E-state index contributed by atoms with van der Waals surface area (Å²) in [6.45, 7) is 7.99. The Balaban J connectivity index is 1.27. The number of hydrogen-bond donors (Lipinski definition) is 1. The molecule has 0 heterocycles. The van der Waals surface area contributed by atoms with Gasteiger partial charge < -0.3 is 14.6 Å². The lowest BCUT2D eigenvalue weighted by molar-refractivity contribution is -0.147. The topological polar surface area (TPSA) is 72.8 Å². The Morgan fingerprint density at radius 3 is 2.48 bits per heavy atom. The molecule has 5 nitrogen and oxygen atoms in total. The number of allylic oxidation sites excluding steroid dienone is 1. The van der Waals surface area contributed by atoms with Crippen LogP contribution in [0.5, 0.6) is 5.75 Å². The zero-order valence-corrected chi connectivity index (χ0v) is 20.0. The SMILES string of the molecule is C=CC(=O)CCC(=O)OCC(O)COc1cccc(C(C)(C)C2CC3C4CCC(C4)C3C2)c1. The van der Waals surface area contributed by atoms with Crippen LogP contribution in [0.3, 0.4) is 0 Å². The summed E-state index contributed by atoms with van der Waals surface area (Å²) < 4.78 is 10.9. The van der Waals surface area contributed by atoms with Crippen LogP contribution in [0.2, 0.25) is 0 Å². The van der Waals surface area contributed by atoms with Gasteiger partial charge in [0.25, 0.3) is 0 Å². The molecule has 0 spiro atoms. The fourth-order valence-electron chi connectivity index (χ4n) is 6.66. The van der Waals surface area contributed by atoms with Gasteiger partial charge in [0.1, 0.15) is 25.1 Å². The highest BCUT2D eigenvalue weighted by Crippen LogP contribution is 2.62. The molecule has 0 aliphatic heterocycles. The molecule has 33 heavy (non-hydrogen) atoms. The highest BCUT2D eigenvalue weighted by atomic mass is 16.5. The van der Waals surface area contributed by atoms with Gasteiger partial charge in [-0.2, -0.15) is 0 Å². The van der Waals surface area contributed by atoms with Crippen molar-refractivity contribution in [2.45, 2.75) is 70.3 Å². The van der Waals surface area contributed by atoms with E-state index in [1.54, 1.807) is 0 Å². The molecule has 3 saturated carbocycles. The van der Waals surface area contributed by atoms with Crippen molar-refractivity contribution in [2.75, 3.05) is 13.2 Å². The van der Waals surface area contributed by atoms with E-state index >= 15 is 0 Å². The number of hydrogen-bond acceptors (Lipinski definition) is 5. The first kappa shape index (κ1) is 24.0. The maximum atomic E-state index is 11.7. The van der Waals surface area contributed by atoms with Gasteiger partial charge in [-0.1, -0.05) is 32.6 Å². The van der Waals surface area contributed by atoms with E-state index in [4.69, 9.17) is 9.47 Å². The van der Waals surface area contributed by atoms with Crippen molar-refractivity contribution in [1.29, 1.82) is 0 Å². The van der Waals surface area contributed by atoms with E-state index in [1.165, 1.54) is 43.7 Å². The van der Waals surface area contributed by atoms with Crippen molar-refractivity contribution in [2.24, 2.45) is 29.6 Å². The summed E-state index contributed by atoms with van der Waals surface area (Å²) in [5, 5.41) is 10.1. The molecule has 0 aromatic heterocycles. The molecule has 180 valence electrons. The molecule has 1 aromatic carbocycles. The Bertz CT molecular complexity index is 857. The van der Waals surface area contributed by atoms with E-state index in [0.29, 0.717) is 5.92 Å². The van der Waals surface area contributed by atoms with Crippen LogP contribution in [-0.4, -0.2) is 36.2 Å². The number of rotatable bonds is 11. The van der Waals surface area contributed by atoms with Crippen molar-refractivity contribution in [3.63, 3.8) is 0 Å². The molecule has 3 aliphatic carbocycles. The average Bonchev–Trinajstić information content (AvgIpc) is 3.54. The first-order valence-electron chi connectivity index (χ1n) is 12.5. The normalized spacial score (nSPS) is 28.9. The van der Waals surface area contributed by atoms with Crippen LogP contribution >= 0.6 is 0 Å². The van der Waals surface area contributed by atoms with Crippen LogP contribution in [0.1, 0.15) is 64.4 Å². The number of ketones is 1. The summed E-state index contributed by atoms with van der Waals surface area (Å²) in [4.78, 5) is 22.9. The largest absolute Gasteiger partial charge is 0.491 e. The number of ether oxygens (including phenoxy) is 2. The number of aliphatic hydroxyl groups is 1. The maximum absolute atomic E-state index is 11.7. The first-order chi connectivity index (χ1) is 15.8. The van der Waals surface area contributed by atoms with Gasteiger partial charge in [0, 0.05) is 6.42 Å². The fraction of sp³-hybridized carbons (Fsp3) is 0.643. The van der Waals surface area contributed by atoms with Crippen LogP contribution < -0.4 is 4.74 Å². The summed E-state index contributed by atoms with van der Waals surface area (Å²) >= 11 is 0. The fourth-order valence-corrected chi connectivity index (χ4v) is 6.66.